The zero-order valence-electron chi connectivity index (χ0n) is 16.8. The summed E-state index contributed by atoms with van der Waals surface area (Å²) in [6, 6.07) is 17.6. The van der Waals surface area contributed by atoms with E-state index in [1.54, 1.807) is 79.4 Å². The van der Waals surface area contributed by atoms with E-state index in [0.717, 1.165) is 0 Å². The second-order valence-electron chi connectivity index (χ2n) is 6.69. The Bertz CT molecular complexity index is 1280. The monoisotopic (exact) mass is 451 g/mol. The van der Waals surface area contributed by atoms with E-state index in [-0.39, 0.29) is 17.2 Å². The first-order valence-electron chi connectivity index (χ1n) is 9.37. The van der Waals surface area contributed by atoms with Crippen LogP contribution in [0.5, 0.6) is 5.75 Å². The van der Waals surface area contributed by atoms with Gasteiger partial charge in [0.15, 0.2) is 0 Å². The minimum Gasteiger partial charge on any atom is -0.497 e. The second kappa shape index (κ2) is 8.75. The summed E-state index contributed by atoms with van der Waals surface area (Å²) in [5.41, 5.74) is 1.67. The van der Waals surface area contributed by atoms with Gasteiger partial charge in [-0.1, -0.05) is 29.8 Å². The number of hydrogen-bond donors (Lipinski definition) is 1. The number of rotatable bonds is 5. The van der Waals surface area contributed by atoms with Gasteiger partial charge in [-0.3, -0.25) is 9.59 Å². The van der Waals surface area contributed by atoms with Crippen LogP contribution in [-0.4, -0.2) is 22.8 Å². The van der Waals surface area contributed by atoms with Gasteiger partial charge in [0, 0.05) is 5.02 Å². The van der Waals surface area contributed by atoms with Gasteiger partial charge >= 0.3 is 0 Å². The van der Waals surface area contributed by atoms with Gasteiger partial charge in [0.1, 0.15) is 17.3 Å². The Morgan fingerprint density at radius 1 is 1.10 bits per heavy atom. The molecule has 0 saturated carbocycles. The SMILES string of the molecule is COc1ccc(-c2c(NC(=O)c3cccs3)n(-c3ccc(Cl)cc3)nc(C)c2=O)cc1. The summed E-state index contributed by atoms with van der Waals surface area (Å²) >= 11 is 7.36. The molecule has 0 atom stereocenters. The molecule has 156 valence electrons. The Hall–Kier alpha value is -3.42. The second-order valence-corrected chi connectivity index (χ2v) is 8.07. The number of aromatic nitrogens is 2. The highest BCUT2D eigenvalue weighted by Gasteiger charge is 2.21. The van der Waals surface area contributed by atoms with Crippen LogP contribution in [0.3, 0.4) is 0 Å². The number of nitrogens with zero attached hydrogens (tertiary/aromatic N) is 2. The van der Waals surface area contributed by atoms with E-state index in [2.05, 4.69) is 10.4 Å². The zero-order chi connectivity index (χ0) is 22.0. The minimum absolute atomic E-state index is 0.267. The number of nitrogens with one attached hydrogen (secondary N) is 1. The quantitative estimate of drug-likeness (QED) is 0.453. The lowest BCUT2D eigenvalue weighted by Gasteiger charge is -2.18. The molecule has 1 amide bonds. The van der Waals surface area contributed by atoms with E-state index in [4.69, 9.17) is 16.3 Å². The summed E-state index contributed by atoms with van der Waals surface area (Å²) in [5, 5.41) is 9.74. The van der Waals surface area contributed by atoms with Crippen molar-refractivity contribution in [3.8, 4) is 22.6 Å². The molecule has 31 heavy (non-hydrogen) atoms. The van der Waals surface area contributed by atoms with E-state index in [1.807, 2.05) is 5.38 Å². The number of ether oxygens (including phenoxy) is 1. The molecule has 8 heteroatoms. The molecule has 6 nitrogen and oxygen atoms in total. The molecule has 0 spiro atoms. The molecule has 0 fully saturated rings. The van der Waals surface area contributed by atoms with Crippen molar-refractivity contribution in [2.75, 3.05) is 12.4 Å². The molecule has 1 N–H and O–H groups in total. The summed E-state index contributed by atoms with van der Waals surface area (Å²) < 4.78 is 6.78. The highest BCUT2D eigenvalue weighted by atomic mass is 35.5. The van der Waals surface area contributed by atoms with Crippen molar-refractivity contribution in [3.05, 3.63) is 91.9 Å². The van der Waals surface area contributed by atoms with Crippen LogP contribution in [0, 0.1) is 6.92 Å². The fraction of sp³-hybridized carbons (Fsp3) is 0.0870. The standard InChI is InChI=1S/C23H18ClN3O3S/c1-14-21(28)20(15-5-11-18(30-2)12-6-15)22(25-23(29)19-4-3-13-31-19)27(26-14)17-9-7-16(24)8-10-17/h3-13H,1-2H3,(H,25,29). The van der Waals surface area contributed by atoms with Gasteiger partial charge in [-0.2, -0.15) is 5.10 Å². The number of thiophene rings is 1. The van der Waals surface area contributed by atoms with Crippen molar-refractivity contribution in [3.63, 3.8) is 0 Å². The number of aryl methyl sites for hydroxylation is 1. The Morgan fingerprint density at radius 2 is 1.81 bits per heavy atom. The topological polar surface area (TPSA) is 73.2 Å². The largest absolute Gasteiger partial charge is 0.497 e. The third kappa shape index (κ3) is 4.23. The normalized spacial score (nSPS) is 10.7. The lowest BCUT2D eigenvalue weighted by molar-refractivity contribution is 0.102. The predicted octanol–water partition coefficient (Wildman–Crippen LogP) is 5.18. The highest BCUT2D eigenvalue weighted by Crippen LogP contribution is 2.29. The molecule has 0 saturated heterocycles. The van der Waals surface area contributed by atoms with Gasteiger partial charge in [0.05, 0.1) is 23.2 Å². The molecule has 0 unspecified atom stereocenters. The average Bonchev–Trinajstić information content (AvgIpc) is 3.32. The van der Waals surface area contributed by atoms with Crippen LogP contribution in [0.15, 0.2) is 70.8 Å². The maximum absolute atomic E-state index is 13.2. The Kier molecular flexibility index (Phi) is 5.88. The molecule has 2 aromatic heterocycles. The van der Waals surface area contributed by atoms with Crippen LogP contribution in [0.4, 0.5) is 5.82 Å². The first kappa shape index (κ1) is 20.8. The number of methoxy groups -OCH3 is 1. The van der Waals surface area contributed by atoms with Gasteiger partial charge in [-0.25, -0.2) is 4.68 Å². The van der Waals surface area contributed by atoms with E-state index in [9.17, 15) is 9.59 Å². The molecule has 0 bridgehead atoms. The predicted molar refractivity (Wildman–Crippen MR) is 124 cm³/mol. The van der Waals surface area contributed by atoms with Crippen molar-refractivity contribution in [1.29, 1.82) is 0 Å². The summed E-state index contributed by atoms with van der Waals surface area (Å²) in [7, 11) is 1.58. The maximum Gasteiger partial charge on any atom is 0.266 e. The van der Waals surface area contributed by atoms with Gasteiger partial charge in [-0.05, 0) is 60.3 Å². The number of carbonyl (C=O) groups is 1. The van der Waals surface area contributed by atoms with E-state index in [0.29, 0.717) is 38.2 Å². The molecule has 0 aliphatic rings. The first-order valence-corrected chi connectivity index (χ1v) is 10.6. The molecule has 2 aromatic carbocycles. The van der Waals surface area contributed by atoms with E-state index in [1.165, 1.54) is 11.3 Å². The van der Waals surface area contributed by atoms with Crippen LogP contribution in [0.1, 0.15) is 15.4 Å². The van der Waals surface area contributed by atoms with Crippen molar-refractivity contribution in [2.24, 2.45) is 0 Å². The molecule has 4 rings (SSSR count). The van der Waals surface area contributed by atoms with E-state index < -0.39 is 0 Å². The average molecular weight is 452 g/mol. The lowest BCUT2D eigenvalue weighted by atomic mass is 10.0. The number of amides is 1. The van der Waals surface area contributed by atoms with Crippen molar-refractivity contribution in [1.82, 2.24) is 9.78 Å². The first-order chi connectivity index (χ1) is 15.0. The Labute approximate surface area is 187 Å². The van der Waals surface area contributed by atoms with Gasteiger partial charge in [-0.15, -0.1) is 11.3 Å². The van der Waals surface area contributed by atoms with Crippen molar-refractivity contribution >= 4 is 34.7 Å². The lowest BCUT2D eigenvalue weighted by Crippen LogP contribution is -2.24. The minimum atomic E-state index is -0.322. The number of anilines is 1. The summed E-state index contributed by atoms with van der Waals surface area (Å²) in [6.45, 7) is 1.65. The van der Waals surface area contributed by atoms with Crippen molar-refractivity contribution < 1.29 is 9.53 Å². The molecule has 0 aliphatic heterocycles. The summed E-state index contributed by atoms with van der Waals surface area (Å²) in [6.07, 6.45) is 0. The third-order valence-corrected chi connectivity index (χ3v) is 5.80. The van der Waals surface area contributed by atoms with Crippen LogP contribution < -0.4 is 15.5 Å². The third-order valence-electron chi connectivity index (χ3n) is 4.68. The van der Waals surface area contributed by atoms with E-state index >= 15 is 0 Å². The molecule has 4 aromatic rings. The van der Waals surface area contributed by atoms with Gasteiger partial charge < -0.3 is 10.1 Å². The van der Waals surface area contributed by atoms with Crippen LogP contribution in [-0.2, 0) is 0 Å². The van der Waals surface area contributed by atoms with Crippen LogP contribution >= 0.6 is 22.9 Å². The summed E-state index contributed by atoms with van der Waals surface area (Å²) in [4.78, 5) is 26.6. The van der Waals surface area contributed by atoms with Crippen LogP contribution in [0.2, 0.25) is 5.02 Å². The van der Waals surface area contributed by atoms with Gasteiger partial charge in [0.25, 0.3) is 5.91 Å². The number of carbonyl (C=O) groups excluding carboxylic acids is 1. The van der Waals surface area contributed by atoms with Gasteiger partial charge in [0.2, 0.25) is 5.43 Å². The Morgan fingerprint density at radius 3 is 2.42 bits per heavy atom. The maximum atomic E-state index is 13.2. The molecular formula is C23H18ClN3O3S. The fourth-order valence-corrected chi connectivity index (χ4v) is 3.87. The summed E-state index contributed by atoms with van der Waals surface area (Å²) in [5.74, 6) is 0.621. The smallest absolute Gasteiger partial charge is 0.266 e. The Balaban J connectivity index is 1.95. The fourth-order valence-electron chi connectivity index (χ4n) is 3.13. The molecule has 2 heterocycles. The molecule has 0 radical (unpaired) electrons. The molecular weight excluding hydrogens is 434 g/mol. The number of halogens is 1. The van der Waals surface area contributed by atoms with Crippen molar-refractivity contribution in [2.45, 2.75) is 6.92 Å². The number of hydrogen-bond acceptors (Lipinski definition) is 5. The molecule has 0 aliphatic carbocycles. The highest BCUT2D eigenvalue weighted by molar-refractivity contribution is 7.12. The number of benzene rings is 2. The zero-order valence-corrected chi connectivity index (χ0v) is 18.3. The van der Waals surface area contributed by atoms with Crippen LogP contribution in [0.25, 0.3) is 16.8 Å².